The molecule has 0 spiro atoms. The summed E-state index contributed by atoms with van der Waals surface area (Å²) in [5, 5.41) is 6.13. The van der Waals surface area contributed by atoms with Crippen LogP contribution in [0.3, 0.4) is 0 Å². The van der Waals surface area contributed by atoms with Crippen molar-refractivity contribution in [3.63, 3.8) is 0 Å². The number of carbonyl (C=O) groups excluding carboxylic acids is 1. The van der Waals surface area contributed by atoms with Crippen molar-refractivity contribution in [2.45, 2.75) is 43.9 Å². The maximum absolute atomic E-state index is 11.8. The molecule has 1 amide bonds. The van der Waals surface area contributed by atoms with Gasteiger partial charge in [-0.05, 0) is 25.7 Å². The molecule has 2 aliphatic rings. The maximum Gasteiger partial charge on any atom is 0.237 e. The van der Waals surface area contributed by atoms with Gasteiger partial charge in [-0.15, -0.1) is 0 Å². The van der Waals surface area contributed by atoms with Crippen LogP contribution in [0, 0.1) is 0 Å². The molecule has 3 atom stereocenters. The largest absolute Gasteiger partial charge is 0.380 e. The first kappa shape index (κ1) is 12.8. The van der Waals surface area contributed by atoms with Crippen LogP contribution >= 0.6 is 0 Å². The molecule has 2 N–H and O–H groups in total. The average molecular weight is 242 g/mol. The summed E-state index contributed by atoms with van der Waals surface area (Å²) in [6, 6.07) is -0.0931. The number of carbonyl (C=O) groups is 1. The third kappa shape index (κ3) is 3.66. The first-order chi connectivity index (χ1) is 8.29. The maximum atomic E-state index is 11.8. The number of hydrogen-bond donors (Lipinski definition) is 2. The molecule has 0 saturated carbocycles. The molecule has 5 heteroatoms. The van der Waals surface area contributed by atoms with Crippen molar-refractivity contribution in [2.24, 2.45) is 0 Å². The van der Waals surface area contributed by atoms with Crippen LogP contribution in [0.4, 0.5) is 0 Å². The minimum atomic E-state index is -0.0931. The van der Waals surface area contributed by atoms with Crippen molar-refractivity contribution < 1.29 is 14.3 Å². The lowest BCUT2D eigenvalue weighted by atomic mass is 10.1. The van der Waals surface area contributed by atoms with Gasteiger partial charge in [0, 0.05) is 26.8 Å². The Morgan fingerprint density at radius 3 is 3.12 bits per heavy atom. The summed E-state index contributed by atoms with van der Waals surface area (Å²) in [5.74, 6) is 0.0857. The van der Waals surface area contributed by atoms with E-state index in [0.717, 1.165) is 38.8 Å². The predicted octanol–water partition coefficient (Wildman–Crippen LogP) is 0.0486. The van der Waals surface area contributed by atoms with Crippen molar-refractivity contribution in [1.29, 1.82) is 0 Å². The molecule has 0 radical (unpaired) electrons. The molecule has 0 aromatic carbocycles. The molecule has 2 fully saturated rings. The van der Waals surface area contributed by atoms with Crippen LogP contribution in [0.2, 0.25) is 0 Å². The highest BCUT2D eigenvalue weighted by Gasteiger charge is 2.29. The lowest BCUT2D eigenvalue weighted by Gasteiger charge is -2.13. The molecule has 0 bridgehead atoms. The molecule has 98 valence electrons. The molecule has 2 rings (SSSR count). The van der Waals surface area contributed by atoms with Crippen molar-refractivity contribution in [2.75, 3.05) is 26.8 Å². The smallest absolute Gasteiger partial charge is 0.237 e. The Balaban J connectivity index is 1.60. The molecule has 0 aromatic heterocycles. The molecule has 2 aliphatic heterocycles. The summed E-state index contributed by atoms with van der Waals surface area (Å²) >= 11 is 0. The molecule has 17 heavy (non-hydrogen) atoms. The average Bonchev–Trinajstić information content (AvgIpc) is 2.99. The van der Waals surface area contributed by atoms with Crippen molar-refractivity contribution >= 4 is 5.91 Å². The van der Waals surface area contributed by atoms with E-state index in [-0.39, 0.29) is 18.1 Å². The van der Waals surface area contributed by atoms with Crippen molar-refractivity contribution in [1.82, 2.24) is 10.6 Å². The van der Waals surface area contributed by atoms with Gasteiger partial charge in [0.2, 0.25) is 5.91 Å². The summed E-state index contributed by atoms with van der Waals surface area (Å²) in [4.78, 5) is 11.8. The van der Waals surface area contributed by atoms with Crippen LogP contribution in [0.1, 0.15) is 25.7 Å². The van der Waals surface area contributed by atoms with Gasteiger partial charge in [0.1, 0.15) is 0 Å². The normalized spacial score (nSPS) is 32.9. The fourth-order valence-corrected chi connectivity index (χ4v) is 2.43. The number of methoxy groups -OCH3 is 1. The molecule has 3 unspecified atom stereocenters. The van der Waals surface area contributed by atoms with E-state index in [1.165, 1.54) is 0 Å². The molecule has 0 aromatic rings. The van der Waals surface area contributed by atoms with E-state index in [9.17, 15) is 4.79 Å². The van der Waals surface area contributed by atoms with Gasteiger partial charge in [-0.25, -0.2) is 0 Å². The second-order valence-electron chi connectivity index (χ2n) is 4.77. The highest BCUT2D eigenvalue weighted by Crippen LogP contribution is 2.14. The van der Waals surface area contributed by atoms with Crippen LogP contribution in [-0.2, 0) is 14.3 Å². The highest BCUT2D eigenvalue weighted by molar-refractivity contribution is 5.82. The summed E-state index contributed by atoms with van der Waals surface area (Å²) in [6.07, 6.45) is 4.48. The zero-order valence-corrected chi connectivity index (χ0v) is 10.4. The van der Waals surface area contributed by atoms with E-state index in [4.69, 9.17) is 9.47 Å². The molecule has 0 aliphatic carbocycles. The monoisotopic (exact) mass is 242 g/mol. The van der Waals surface area contributed by atoms with Gasteiger partial charge >= 0.3 is 0 Å². The fraction of sp³-hybridized carbons (Fsp3) is 0.917. The minimum absolute atomic E-state index is 0.0857. The third-order valence-corrected chi connectivity index (χ3v) is 3.53. The minimum Gasteiger partial charge on any atom is -0.380 e. The van der Waals surface area contributed by atoms with Crippen LogP contribution < -0.4 is 10.6 Å². The van der Waals surface area contributed by atoms with E-state index in [0.29, 0.717) is 12.6 Å². The Morgan fingerprint density at radius 1 is 1.59 bits per heavy atom. The van der Waals surface area contributed by atoms with Crippen LogP contribution in [0.5, 0.6) is 0 Å². The highest BCUT2D eigenvalue weighted by atomic mass is 16.5. The first-order valence-electron chi connectivity index (χ1n) is 6.45. The van der Waals surface area contributed by atoms with Gasteiger partial charge in [0.15, 0.2) is 0 Å². The summed E-state index contributed by atoms with van der Waals surface area (Å²) < 4.78 is 10.7. The lowest BCUT2D eigenvalue weighted by molar-refractivity contribution is -0.123. The molecular formula is C12H22N2O3. The quantitative estimate of drug-likeness (QED) is 0.715. The van der Waals surface area contributed by atoms with E-state index in [2.05, 4.69) is 10.6 Å². The van der Waals surface area contributed by atoms with Gasteiger partial charge < -0.3 is 20.1 Å². The van der Waals surface area contributed by atoms with Gasteiger partial charge in [-0.2, -0.15) is 0 Å². The van der Waals surface area contributed by atoms with Crippen LogP contribution in [0.15, 0.2) is 0 Å². The number of rotatable bonds is 5. The van der Waals surface area contributed by atoms with Gasteiger partial charge in [0.05, 0.1) is 18.2 Å². The molecular weight excluding hydrogens is 220 g/mol. The summed E-state index contributed by atoms with van der Waals surface area (Å²) in [7, 11) is 1.68. The SMILES string of the molecule is COC1CNC(C(=O)NCCC2CCCO2)C1. The van der Waals surface area contributed by atoms with E-state index in [1.54, 1.807) is 7.11 Å². The van der Waals surface area contributed by atoms with Crippen LogP contribution in [-0.4, -0.2) is 51.0 Å². The number of ether oxygens (including phenoxy) is 2. The van der Waals surface area contributed by atoms with Gasteiger partial charge in [-0.1, -0.05) is 0 Å². The lowest BCUT2D eigenvalue weighted by Crippen LogP contribution is -2.41. The second-order valence-corrected chi connectivity index (χ2v) is 4.77. The Kier molecular flexibility index (Phi) is 4.76. The zero-order chi connectivity index (χ0) is 12.1. The Bertz CT molecular complexity index is 254. The number of nitrogens with one attached hydrogen (secondary N) is 2. The summed E-state index contributed by atoms with van der Waals surface area (Å²) in [5.41, 5.74) is 0. The Morgan fingerprint density at radius 2 is 2.47 bits per heavy atom. The Hall–Kier alpha value is -0.650. The molecule has 5 nitrogen and oxygen atoms in total. The summed E-state index contributed by atoms with van der Waals surface area (Å²) in [6.45, 7) is 2.35. The van der Waals surface area contributed by atoms with Crippen molar-refractivity contribution in [3.05, 3.63) is 0 Å². The van der Waals surface area contributed by atoms with Crippen LogP contribution in [0.25, 0.3) is 0 Å². The zero-order valence-electron chi connectivity index (χ0n) is 10.4. The standard InChI is InChI=1S/C12H22N2O3/c1-16-10-7-11(14-8-10)12(15)13-5-4-9-3-2-6-17-9/h9-11,14H,2-8H2,1H3,(H,13,15). The molecule has 2 saturated heterocycles. The fourth-order valence-electron chi connectivity index (χ4n) is 2.43. The Labute approximate surface area is 102 Å². The number of hydrogen-bond acceptors (Lipinski definition) is 4. The van der Waals surface area contributed by atoms with Crippen molar-refractivity contribution in [3.8, 4) is 0 Å². The predicted molar refractivity (Wildman–Crippen MR) is 63.8 cm³/mol. The second kappa shape index (κ2) is 6.33. The van der Waals surface area contributed by atoms with E-state index < -0.39 is 0 Å². The van der Waals surface area contributed by atoms with E-state index in [1.807, 2.05) is 0 Å². The van der Waals surface area contributed by atoms with E-state index >= 15 is 0 Å². The topological polar surface area (TPSA) is 59.6 Å². The third-order valence-electron chi connectivity index (χ3n) is 3.53. The molecule has 2 heterocycles. The first-order valence-corrected chi connectivity index (χ1v) is 6.45. The number of amides is 1. The van der Waals surface area contributed by atoms with Gasteiger partial charge in [0.25, 0.3) is 0 Å². The van der Waals surface area contributed by atoms with Gasteiger partial charge in [-0.3, -0.25) is 4.79 Å².